The highest BCUT2D eigenvalue weighted by atomic mass is 16.5. The Bertz CT molecular complexity index is 903. The first-order valence-electron chi connectivity index (χ1n) is 7.06. The molecule has 0 saturated heterocycles. The van der Waals surface area contributed by atoms with Gasteiger partial charge in [0.1, 0.15) is 18.1 Å². The summed E-state index contributed by atoms with van der Waals surface area (Å²) in [5.41, 5.74) is -0.609. The Morgan fingerprint density at radius 3 is 2.39 bits per heavy atom. The van der Waals surface area contributed by atoms with Gasteiger partial charge < -0.3 is 14.6 Å². The number of carboxylic acids is 1. The van der Waals surface area contributed by atoms with E-state index in [0.717, 1.165) is 4.68 Å². The number of nitrogens with zero attached hydrogens (tertiary/aromatic N) is 2. The molecular weight excluding hydrogens is 296 g/mol. The normalized spacial score (nSPS) is 10.6. The fourth-order valence-electron chi connectivity index (χ4n) is 2.30. The molecule has 2 aromatic carbocycles. The van der Waals surface area contributed by atoms with Crippen LogP contribution in [0.15, 0.2) is 59.4 Å². The first-order valence-corrected chi connectivity index (χ1v) is 7.06. The first kappa shape index (κ1) is 14.8. The van der Waals surface area contributed by atoms with Crippen LogP contribution in [0.5, 0.6) is 5.75 Å². The van der Waals surface area contributed by atoms with Gasteiger partial charge in [0.15, 0.2) is 0 Å². The van der Waals surface area contributed by atoms with Crippen LogP contribution in [0.4, 0.5) is 0 Å². The minimum Gasteiger partial charge on any atom is -0.543 e. The van der Waals surface area contributed by atoms with E-state index in [2.05, 4.69) is 5.10 Å². The molecule has 0 atom stereocenters. The van der Waals surface area contributed by atoms with Gasteiger partial charge in [-0.05, 0) is 18.2 Å². The SMILES string of the molecule is O=C([O-])c1nn(CCOc2ccccc2)c(=O)c2ccccc12. The number of carbonyl (C=O) groups excluding carboxylic acids is 1. The zero-order valence-electron chi connectivity index (χ0n) is 12.1. The number of hydrogen-bond acceptors (Lipinski definition) is 5. The molecule has 0 unspecified atom stereocenters. The van der Waals surface area contributed by atoms with Crippen molar-refractivity contribution in [2.24, 2.45) is 0 Å². The third kappa shape index (κ3) is 3.06. The quantitative estimate of drug-likeness (QED) is 0.697. The van der Waals surface area contributed by atoms with E-state index in [9.17, 15) is 14.7 Å². The van der Waals surface area contributed by atoms with Gasteiger partial charge in [-0.15, -0.1) is 0 Å². The highest BCUT2D eigenvalue weighted by Crippen LogP contribution is 2.12. The van der Waals surface area contributed by atoms with Gasteiger partial charge in [-0.1, -0.05) is 36.4 Å². The standard InChI is InChI=1S/C17H14N2O4/c20-16-14-9-5-4-8-13(14)15(17(21)22)18-19(16)10-11-23-12-6-2-1-3-7-12/h1-9H,10-11H2,(H,21,22)/p-1. The fourth-order valence-corrected chi connectivity index (χ4v) is 2.30. The lowest BCUT2D eigenvalue weighted by atomic mass is 10.1. The van der Waals surface area contributed by atoms with Crippen LogP contribution in [0.1, 0.15) is 10.5 Å². The molecule has 3 aromatic rings. The van der Waals surface area contributed by atoms with Crippen molar-refractivity contribution in [1.82, 2.24) is 9.78 Å². The Labute approximate surface area is 131 Å². The molecule has 6 heteroatoms. The highest BCUT2D eigenvalue weighted by molar-refractivity contribution is 6.00. The monoisotopic (exact) mass is 309 g/mol. The Morgan fingerprint density at radius 1 is 1.04 bits per heavy atom. The fraction of sp³-hybridized carbons (Fsp3) is 0.118. The van der Waals surface area contributed by atoms with Crippen LogP contribution in [-0.4, -0.2) is 22.4 Å². The number of hydrogen-bond donors (Lipinski definition) is 0. The molecule has 0 fully saturated rings. The van der Waals surface area contributed by atoms with Gasteiger partial charge in [0.05, 0.1) is 17.9 Å². The Balaban J connectivity index is 1.90. The summed E-state index contributed by atoms with van der Waals surface area (Å²) in [6, 6.07) is 15.6. The Hall–Kier alpha value is -3.15. The van der Waals surface area contributed by atoms with Crippen LogP contribution in [0.25, 0.3) is 10.8 Å². The van der Waals surface area contributed by atoms with Crippen LogP contribution in [0, 0.1) is 0 Å². The lowest BCUT2D eigenvalue weighted by molar-refractivity contribution is -0.255. The molecule has 1 heterocycles. The van der Waals surface area contributed by atoms with Gasteiger partial charge in [0.2, 0.25) is 0 Å². The van der Waals surface area contributed by atoms with Crippen LogP contribution in [0.2, 0.25) is 0 Å². The van der Waals surface area contributed by atoms with E-state index in [4.69, 9.17) is 4.74 Å². The second-order valence-corrected chi connectivity index (χ2v) is 4.87. The average Bonchev–Trinajstić information content (AvgIpc) is 2.58. The highest BCUT2D eigenvalue weighted by Gasteiger charge is 2.10. The predicted molar refractivity (Wildman–Crippen MR) is 82.3 cm³/mol. The van der Waals surface area contributed by atoms with Gasteiger partial charge >= 0.3 is 0 Å². The number of carboxylic acid groups (broad SMARTS) is 1. The minimum atomic E-state index is -1.42. The zero-order chi connectivity index (χ0) is 16.2. The largest absolute Gasteiger partial charge is 0.543 e. The first-order chi connectivity index (χ1) is 11.2. The molecule has 0 N–H and O–H groups in total. The summed E-state index contributed by atoms with van der Waals surface area (Å²) in [7, 11) is 0. The summed E-state index contributed by atoms with van der Waals surface area (Å²) < 4.78 is 6.61. The van der Waals surface area contributed by atoms with Crippen molar-refractivity contribution in [2.75, 3.05) is 6.61 Å². The molecule has 0 saturated carbocycles. The number of aromatic carboxylic acids is 1. The molecule has 0 aliphatic rings. The van der Waals surface area contributed by atoms with Crippen molar-refractivity contribution in [3.05, 3.63) is 70.6 Å². The van der Waals surface area contributed by atoms with Crippen molar-refractivity contribution >= 4 is 16.7 Å². The van der Waals surface area contributed by atoms with E-state index in [0.29, 0.717) is 11.1 Å². The molecule has 1 aromatic heterocycles. The lowest BCUT2D eigenvalue weighted by Gasteiger charge is -2.12. The number of benzene rings is 2. The maximum atomic E-state index is 12.4. The van der Waals surface area contributed by atoms with Crippen molar-refractivity contribution in [3.63, 3.8) is 0 Å². The zero-order valence-corrected chi connectivity index (χ0v) is 12.1. The van der Waals surface area contributed by atoms with Crippen LogP contribution >= 0.6 is 0 Å². The van der Waals surface area contributed by atoms with E-state index in [1.807, 2.05) is 18.2 Å². The number of rotatable bonds is 5. The smallest absolute Gasteiger partial charge is 0.274 e. The molecular formula is C17H13N2O4-. The Kier molecular flexibility index (Phi) is 4.05. The second kappa shape index (κ2) is 6.31. The van der Waals surface area contributed by atoms with Gasteiger partial charge in [-0.25, -0.2) is 4.68 Å². The second-order valence-electron chi connectivity index (χ2n) is 4.87. The van der Waals surface area contributed by atoms with E-state index >= 15 is 0 Å². The summed E-state index contributed by atoms with van der Waals surface area (Å²) in [4.78, 5) is 23.6. The summed E-state index contributed by atoms with van der Waals surface area (Å²) in [5.74, 6) is -0.750. The van der Waals surface area contributed by atoms with E-state index in [1.54, 1.807) is 36.4 Å². The van der Waals surface area contributed by atoms with Crippen LogP contribution in [0.3, 0.4) is 0 Å². The molecule has 3 rings (SSSR count). The minimum absolute atomic E-state index is 0.138. The summed E-state index contributed by atoms with van der Waals surface area (Å²) in [6.45, 7) is 0.334. The summed E-state index contributed by atoms with van der Waals surface area (Å²) >= 11 is 0. The third-order valence-corrected chi connectivity index (χ3v) is 3.38. The molecule has 0 aliphatic carbocycles. The van der Waals surface area contributed by atoms with Crippen molar-refractivity contribution in [3.8, 4) is 5.75 Å². The number of aromatic nitrogens is 2. The maximum absolute atomic E-state index is 12.4. The Morgan fingerprint density at radius 2 is 1.70 bits per heavy atom. The average molecular weight is 309 g/mol. The molecule has 6 nitrogen and oxygen atoms in total. The van der Waals surface area contributed by atoms with E-state index in [1.165, 1.54) is 0 Å². The maximum Gasteiger partial charge on any atom is 0.274 e. The molecule has 0 radical (unpaired) electrons. The van der Waals surface area contributed by atoms with Gasteiger partial charge in [0, 0.05) is 5.39 Å². The molecule has 0 amide bonds. The van der Waals surface area contributed by atoms with Crippen molar-refractivity contribution in [1.29, 1.82) is 0 Å². The molecule has 0 spiro atoms. The van der Waals surface area contributed by atoms with Crippen LogP contribution < -0.4 is 15.4 Å². The molecule has 23 heavy (non-hydrogen) atoms. The molecule has 0 aliphatic heterocycles. The predicted octanol–water partition coefficient (Wildman–Crippen LogP) is 0.839. The summed E-state index contributed by atoms with van der Waals surface area (Å²) in [5, 5.41) is 15.7. The lowest BCUT2D eigenvalue weighted by Crippen LogP contribution is -2.32. The van der Waals surface area contributed by atoms with Crippen molar-refractivity contribution in [2.45, 2.75) is 6.54 Å². The number of fused-ring (bicyclic) bond motifs is 1. The number of carbonyl (C=O) groups is 1. The number of ether oxygens (including phenoxy) is 1. The van der Waals surface area contributed by atoms with Gasteiger partial charge in [-0.3, -0.25) is 4.79 Å². The van der Waals surface area contributed by atoms with Gasteiger partial charge in [-0.2, -0.15) is 5.10 Å². The topological polar surface area (TPSA) is 84.2 Å². The molecule has 0 bridgehead atoms. The third-order valence-electron chi connectivity index (χ3n) is 3.38. The van der Waals surface area contributed by atoms with E-state index in [-0.39, 0.29) is 29.8 Å². The summed E-state index contributed by atoms with van der Waals surface area (Å²) in [6.07, 6.45) is 0. The number of para-hydroxylation sites is 1. The van der Waals surface area contributed by atoms with Crippen molar-refractivity contribution < 1.29 is 14.6 Å². The van der Waals surface area contributed by atoms with Gasteiger partial charge in [0.25, 0.3) is 5.56 Å². The van der Waals surface area contributed by atoms with Crippen LogP contribution in [-0.2, 0) is 6.54 Å². The molecule has 116 valence electrons. The van der Waals surface area contributed by atoms with E-state index < -0.39 is 5.97 Å².